The fraction of sp³-hybridized carbons (Fsp3) is 0.538. The summed E-state index contributed by atoms with van der Waals surface area (Å²) in [6, 6.07) is 6.17. The van der Waals surface area contributed by atoms with Gasteiger partial charge in [0.1, 0.15) is 5.75 Å². The molecule has 0 aliphatic rings. The van der Waals surface area contributed by atoms with Crippen LogP contribution in [0.3, 0.4) is 0 Å². The molecule has 0 saturated carbocycles. The van der Waals surface area contributed by atoms with Crippen molar-refractivity contribution in [2.45, 2.75) is 25.9 Å². The van der Waals surface area contributed by atoms with Crippen molar-refractivity contribution in [1.29, 1.82) is 0 Å². The maximum absolute atomic E-state index is 5.59. The maximum Gasteiger partial charge on any atom is 0.122 e. The molecule has 3 nitrogen and oxygen atoms in total. The van der Waals surface area contributed by atoms with Gasteiger partial charge >= 0.3 is 0 Å². The van der Waals surface area contributed by atoms with E-state index in [0.717, 1.165) is 12.2 Å². The van der Waals surface area contributed by atoms with E-state index in [1.54, 1.807) is 14.2 Å². The molecule has 1 aromatic carbocycles. The largest absolute Gasteiger partial charge is 0.496 e. The number of methoxy groups -OCH3 is 2. The van der Waals surface area contributed by atoms with Gasteiger partial charge in [-0.25, -0.2) is 0 Å². The van der Waals surface area contributed by atoms with E-state index in [-0.39, 0.29) is 0 Å². The summed E-state index contributed by atoms with van der Waals surface area (Å²) in [5.74, 6) is 1.34. The molecule has 0 saturated heterocycles. The Labute approximate surface area is 97.6 Å². The van der Waals surface area contributed by atoms with Gasteiger partial charge < -0.3 is 15.2 Å². The minimum atomic E-state index is 0.414. The van der Waals surface area contributed by atoms with E-state index in [4.69, 9.17) is 15.2 Å². The number of nitrogens with two attached hydrogens (primary N) is 1. The van der Waals surface area contributed by atoms with Gasteiger partial charge in [0.15, 0.2) is 0 Å². The Morgan fingerprint density at radius 1 is 1.31 bits per heavy atom. The molecule has 0 amide bonds. The second kappa shape index (κ2) is 6.51. The van der Waals surface area contributed by atoms with E-state index in [1.165, 1.54) is 11.1 Å². The van der Waals surface area contributed by atoms with E-state index in [2.05, 4.69) is 13.0 Å². The SMILES string of the molecule is COCc1ccc(OC)c(C(C)CCN)c1. The highest BCUT2D eigenvalue weighted by Gasteiger charge is 2.11. The normalized spacial score (nSPS) is 12.5. The number of rotatable bonds is 6. The molecule has 0 aromatic heterocycles. The molecule has 3 heteroatoms. The van der Waals surface area contributed by atoms with E-state index < -0.39 is 0 Å². The quantitative estimate of drug-likeness (QED) is 0.804. The van der Waals surface area contributed by atoms with Gasteiger partial charge in [0.2, 0.25) is 0 Å². The molecule has 0 aliphatic heterocycles. The van der Waals surface area contributed by atoms with Crippen molar-refractivity contribution in [3.63, 3.8) is 0 Å². The Balaban J connectivity index is 2.96. The number of hydrogen-bond donors (Lipinski definition) is 1. The summed E-state index contributed by atoms with van der Waals surface area (Å²) in [6.07, 6.45) is 0.965. The van der Waals surface area contributed by atoms with Crippen LogP contribution in [0.5, 0.6) is 5.75 Å². The summed E-state index contributed by atoms with van der Waals surface area (Å²) in [4.78, 5) is 0. The predicted molar refractivity (Wildman–Crippen MR) is 65.8 cm³/mol. The van der Waals surface area contributed by atoms with Gasteiger partial charge in [-0.05, 0) is 42.1 Å². The van der Waals surface area contributed by atoms with Gasteiger partial charge in [-0.2, -0.15) is 0 Å². The van der Waals surface area contributed by atoms with Crippen LogP contribution < -0.4 is 10.5 Å². The zero-order valence-corrected chi connectivity index (χ0v) is 10.3. The van der Waals surface area contributed by atoms with Crippen LogP contribution in [0, 0.1) is 0 Å². The van der Waals surface area contributed by atoms with Gasteiger partial charge in [-0.3, -0.25) is 0 Å². The van der Waals surface area contributed by atoms with Gasteiger partial charge in [-0.15, -0.1) is 0 Å². The summed E-state index contributed by atoms with van der Waals surface area (Å²) in [6.45, 7) is 3.49. The summed E-state index contributed by atoms with van der Waals surface area (Å²) in [5, 5.41) is 0. The molecule has 1 rings (SSSR count). The van der Waals surface area contributed by atoms with Crippen LogP contribution in [0.15, 0.2) is 18.2 Å². The first kappa shape index (κ1) is 13.0. The summed E-state index contributed by atoms with van der Waals surface area (Å²) in [5.41, 5.74) is 7.97. The molecule has 1 aromatic rings. The minimum absolute atomic E-state index is 0.414. The molecule has 90 valence electrons. The van der Waals surface area contributed by atoms with Crippen LogP contribution in [0.2, 0.25) is 0 Å². The highest BCUT2D eigenvalue weighted by atomic mass is 16.5. The molecular weight excluding hydrogens is 202 g/mol. The van der Waals surface area contributed by atoms with Gasteiger partial charge in [-0.1, -0.05) is 13.0 Å². The maximum atomic E-state index is 5.59. The number of benzene rings is 1. The lowest BCUT2D eigenvalue weighted by Crippen LogP contribution is -2.06. The van der Waals surface area contributed by atoms with Crippen molar-refractivity contribution in [2.75, 3.05) is 20.8 Å². The highest BCUT2D eigenvalue weighted by Crippen LogP contribution is 2.29. The zero-order chi connectivity index (χ0) is 12.0. The fourth-order valence-electron chi connectivity index (χ4n) is 1.83. The average Bonchev–Trinajstić information content (AvgIpc) is 2.30. The lowest BCUT2D eigenvalue weighted by molar-refractivity contribution is 0.184. The van der Waals surface area contributed by atoms with Crippen LogP contribution in [0.25, 0.3) is 0 Å². The van der Waals surface area contributed by atoms with Gasteiger partial charge in [0, 0.05) is 7.11 Å². The molecular formula is C13H21NO2. The van der Waals surface area contributed by atoms with Gasteiger partial charge in [0.25, 0.3) is 0 Å². The van der Waals surface area contributed by atoms with Crippen LogP contribution in [-0.4, -0.2) is 20.8 Å². The molecule has 0 aliphatic carbocycles. The molecule has 0 fully saturated rings. The molecule has 0 bridgehead atoms. The summed E-state index contributed by atoms with van der Waals surface area (Å²) in [7, 11) is 3.40. The van der Waals surface area contributed by atoms with Crippen LogP contribution in [0.4, 0.5) is 0 Å². The monoisotopic (exact) mass is 223 g/mol. The average molecular weight is 223 g/mol. The van der Waals surface area contributed by atoms with E-state index in [0.29, 0.717) is 19.1 Å². The molecule has 1 atom stereocenters. The fourth-order valence-corrected chi connectivity index (χ4v) is 1.83. The molecule has 16 heavy (non-hydrogen) atoms. The minimum Gasteiger partial charge on any atom is -0.496 e. The molecule has 2 N–H and O–H groups in total. The van der Waals surface area contributed by atoms with E-state index >= 15 is 0 Å². The van der Waals surface area contributed by atoms with E-state index in [1.807, 2.05) is 12.1 Å². The summed E-state index contributed by atoms with van der Waals surface area (Å²) < 4.78 is 10.5. The van der Waals surface area contributed by atoms with Crippen molar-refractivity contribution < 1.29 is 9.47 Å². The Morgan fingerprint density at radius 3 is 2.62 bits per heavy atom. The lowest BCUT2D eigenvalue weighted by Gasteiger charge is -2.16. The Bertz CT molecular complexity index is 326. The summed E-state index contributed by atoms with van der Waals surface area (Å²) >= 11 is 0. The van der Waals surface area contributed by atoms with Crippen LogP contribution >= 0.6 is 0 Å². The lowest BCUT2D eigenvalue weighted by atomic mass is 9.95. The van der Waals surface area contributed by atoms with Crippen LogP contribution in [0.1, 0.15) is 30.4 Å². The van der Waals surface area contributed by atoms with Crippen LogP contribution in [-0.2, 0) is 11.3 Å². The van der Waals surface area contributed by atoms with Crippen molar-refractivity contribution in [3.8, 4) is 5.75 Å². The number of ether oxygens (including phenoxy) is 2. The van der Waals surface area contributed by atoms with Crippen molar-refractivity contribution in [2.24, 2.45) is 5.73 Å². The standard InChI is InChI=1S/C13H21NO2/c1-10(6-7-14)12-8-11(9-15-2)4-5-13(12)16-3/h4-5,8,10H,6-7,9,14H2,1-3H3. The molecule has 0 heterocycles. The Morgan fingerprint density at radius 2 is 2.06 bits per heavy atom. The number of hydrogen-bond acceptors (Lipinski definition) is 3. The van der Waals surface area contributed by atoms with E-state index in [9.17, 15) is 0 Å². The Kier molecular flexibility index (Phi) is 5.29. The first-order chi connectivity index (χ1) is 7.72. The second-order valence-electron chi connectivity index (χ2n) is 3.99. The third kappa shape index (κ3) is 3.22. The predicted octanol–water partition coefficient (Wildman–Crippen LogP) is 2.29. The third-order valence-electron chi connectivity index (χ3n) is 2.74. The van der Waals surface area contributed by atoms with Crippen molar-refractivity contribution in [3.05, 3.63) is 29.3 Å². The highest BCUT2D eigenvalue weighted by molar-refractivity contribution is 5.39. The van der Waals surface area contributed by atoms with Crippen molar-refractivity contribution in [1.82, 2.24) is 0 Å². The zero-order valence-electron chi connectivity index (χ0n) is 10.3. The van der Waals surface area contributed by atoms with Gasteiger partial charge in [0.05, 0.1) is 13.7 Å². The topological polar surface area (TPSA) is 44.5 Å². The molecule has 1 unspecified atom stereocenters. The third-order valence-corrected chi connectivity index (χ3v) is 2.74. The first-order valence-electron chi connectivity index (χ1n) is 5.58. The molecule has 0 spiro atoms. The van der Waals surface area contributed by atoms with Crippen molar-refractivity contribution >= 4 is 0 Å². The second-order valence-corrected chi connectivity index (χ2v) is 3.99. The Hall–Kier alpha value is -1.06. The first-order valence-corrected chi connectivity index (χ1v) is 5.58. The smallest absolute Gasteiger partial charge is 0.122 e. The molecule has 0 radical (unpaired) electrons.